The predicted octanol–water partition coefficient (Wildman–Crippen LogP) is 5.21. The molecule has 0 aliphatic rings. The molecular weight excluding hydrogens is 396 g/mol. The Morgan fingerprint density at radius 3 is 2.80 bits per heavy atom. The topological polar surface area (TPSA) is 57.3 Å². The molecule has 0 N–H and O–H groups in total. The number of rotatable bonds is 6. The Kier molecular flexibility index (Phi) is 4.91. The predicted molar refractivity (Wildman–Crippen MR) is 118 cm³/mol. The number of ether oxygens (including phenoxy) is 1. The Hall–Kier alpha value is -3.64. The van der Waals surface area contributed by atoms with Gasteiger partial charge in [0.2, 0.25) is 0 Å². The summed E-state index contributed by atoms with van der Waals surface area (Å²) in [4.78, 5) is 13.9. The smallest absolute Gasteiger partial charge is 0.196 e. The van der Waals surface area contributed by atoms with Gasteiger partial charge in [-0.2, -0.15) is 5.10 Å². The summed E-state index contributed by atoms with van der Waals surface area (Å²) < 4.78 is 13.4. The summed E-state index contributed by atoms with van der Waals surface area (Å²) in [7, 11) is 0. The molecular formula is C24H18N2O3S. The fourth-order valence-corrected chi connectivity index (χ4v) is 4.01. The molecule has 3 aromatic heterocycles. The van der Waals surface area contributed by atoms with E-state index in [4.69, 9.17) is 9.15 Å². The zero-order valence-electron chi connectivity index (χ0n) is 16.0. The van der Waals surface area contributed by atoms with Crippen LogP contribution in [0, 0.1) is 0 Å². The third-order valence-electron chi connectivity index (χ3n) is 4.82. The fourth-order valence-electron chi connectivity index (χ4n) is 3.28. The minimum absolute atomic E-state index is 0.000312. The van der Waals surface area contributed by atoms with Gasteiger partial charge in [-0.05, 0) is 35.7 Å². The van der Waals surface area contributed by atoms with E-state index in [9.17, 15) is 4.79 Å². The van der Waals surface area contributed by atoms with Gasteiger partial charge >= 0.3 is 0 Å². The zero-order chi connectivity index (χ0) is 20.3. The molecule has 2 aromatic carbocycles. The molecule has 0 atom stereocenters. The molecule has 148 valence electrons. The van der Waals surface area contributed by atoms with E-state index in [1.165, 1.54) is 0 Å². The molecule has 5 rings (SSSR count). The summed E-state index contributed by atoms with van der Waals surface area (Å²) in [6.07, 6.45) is 5.86. The standard InChI is InChI=1S/C24H18N2O3S/c27-24-18(11-21-7-4-10-30-21)16-29-23-12-20(8-9-22(23)24)28-15-17-13-25-26(14-17)19-5-2-1-3-6-19/h1-10,12-14,16H,11,15H2. The normalized spacial score (nSPS) is 11.1. The van der Waals surface area contributed by atoms with Crippen molar-refractivity contribution in [3.63, 3.8) is 0 Å². The van der Waals surface area contributed by atoms with Crippen LogP contribution in [0.25, 0.3) is 16.7 Å². The number of hydrogen-bond donors (Lipinski definition) is 0. The molecule has 3 heterocycles. The SMILES string of the molecule is O=c1c(Cc2cccs2)coc2cc(OCc3cnn(-c4ccccc4)c3)ccc12. The summed E-state index contributed by atoms with van der Waals surface area (Å²) in [6, 6.07) is 19.2. The lowest BCUT2D eigenvalue weighted by Crippen LogP contribution is -2.08. The van der Waals surface area contributed by atoms with Crippen molar-refractivity contribution >= 4 is 22.3 Å². The van der Waals surface area contributed by atoms with Gasteiger partial charge in [0.05, 0.1) is 23.5 Å². The molecule has 6 heteroatoms. The second-order valence-electron chi connectivity index (χ2n) is 6.92. The molecule has 0 aliphatic heterocycles. The van der Waals surface area contributed by atoms with E-state index in [0.717, 1.165) is 16.1 Å². The molecule has 5 aromatic rings. The van der Waals surface area contributed by atoms with Gasteiger partial charge in [0.1, 0.15) is 17.9 Å². The van der Waals surface area contributed by atoms with Gasteiger partial charge in [0, 0.05) is 34.7 Å². The Labute approximate surface area is 176 Å². The lowest BCUT2D eigenvalue weighted by Gasteiger charge is -2.06. The third-order valence-corrected chi connectivity index (χ3v) is 5.70. The van der Waals surface area contributed by atoms with Crippen LogP contribution >= 0.6 is 11.3 Å². The van der Waals surface area contributed by atoms with E-state index in [1.807, 2.05) is 58.7 Å². The van der Waals surface area contributed by atoms with Gasteiger partial charge in [-0.15, -0.1) is 11.3 Å². The maximum absolute atomic E-state index is 12.8. The highest BCUT2D eigenvalue weighted by Crippen LogP contribution is 2.22. The number of hydrogen-bond acceptors (Lipinski definition) is 5. The van der Waals surface area contributed by atoms with Crippen molar-refractivity contribution in [2.75, 3.05) is 0 Å². The molecule has 0 spiro atoms. The monoisotopic (exact) mass is 414 g/mol. The first-order chi connectivity index (χ1) is 14.8. The third kappa shape index (κ3) is 3.77. The number of benzene rings is 2. The van der Waals surface area contributed by atoms with Crippen molar-refractivity contribution in [3.05, 3.63) is 111 Å². The Morgan fingerprint density at radius 2 is 1.97 bits per heavy atom. The lowest BCUT2D eigenvalue weighted by molar-refractivity contribution is 0.306. The van der Waals surface area contributed by atoms with Crippen molar-refractivity contribution in [1.29, 1.82) is 0 Å². The van der Waals surface area contributed by atoms with Crippen LogP contribution in [0.2, 0.25) is 0 Å². The summed E-state index contributed by atoms with van der Waals surface area (Å²) in [5.41, 5.74) is 3.13. The molecule has 5 nitrogen and oxygen atoms in total. The Bertz CT molecular complexity index is 1340. The molecule has 0 bridgehead atoms. The van der Waals surface area contributed by atoms with Crippen LogP contribution in [0.4, 0.5) is 0 Å². The van der Waals surface area contributed by atoms with Crippen LogP contribution in [0.3, 0.4) is 0 Å². The average molecular weight is 414 g/mol. The largest absolute Gasteiger partial charge is 0.489 e. The Morgan fingerprint density at radius 1 is 1.07 bits per heavy atom. The minimum Gasteiger partial charge on any atom is -0.489 e. The first-order valence-corrected chi connectivity index (χ1v) is 10.4. The van der Waals surface area contributed by atoms with Gasteiger partial charge < -0.3 is 9.15 Å². The van der Waals surface area contributed by atoms with Crippen molar-refractivity contribution in [1.82, 2.24) is 9.78 Å². The molecule has 0 radical (unpaired) electrons. The first-order valence-electron chi connectivity index (χ1n) is 9.55. The van der Waals surface area contributed by atoms with Gasteiger partial charge in [0.15, 0.2) is 5.43 Å². The Balaban J connectivity index is 1.32. The number of aromatic nitrogens is 2. The van der Waals surface area contributed by atoms with Gasteiger partial charge in [-0.3, -0.25) is 4.79 Å². The van der Waals surface area contributed by atoms with Gasteiger partial charge in [-0.1, -0.05) is 24.3 Å². The quantitative estimate of drug-likeness (QED) is 0.383. The van der Waals surface area contributed by atoms with Crippen molar-refractivity contribution in [3.8, 4) is 11.4 Å². The first kappa shape index (κ1) is 18.4. The summed E-state index contributed by atoms with van der Waals surface area (Å²) in [5, 5.41) is 6.95. The molecule has 30 heavy (non-hydrogen) atoms. The highest BCUT2D eigenvalue weighted by Gasteiger charge is 2.10. The van der Waals surface area contributed by atoms with E-state index < -0.39 is 0 Å². The number of para-hydroxylation sites is 1. The highest BCUT2D eigenvalue weighted by atomic mass is 32.1. The molecule has 0 saturated carbocycles. The zero-order valence-corrected chi connectivity index (χ0v) is 16.8. The fraction of sp³-hybridized carbons (Fsp3) is 0.0833. The maximum Gasteiger partial charge on any atom is 0.196 e. The van der Waals surface area contributed by atoms with Crippen molar-refractivity contribution < 1.29 is 9.15 Å². The highest BCUT2D eigenvalue weighted by molar-refractivity contribution is 7.09. The van der Waals surface area contributed by atoms with Gasteiger partial charge in [-0.25, -0.2) is 4.68 Å². The van der Waals surface area contributed by atoms with E-state index in [1.54, 1.807) is 42.0 Å². The van der Waals surface area contributed by atoms with Crippen LogP contribution < -0.4 is 10.2 Å². The summed E-state index contributed by atoms with van der Waals surface area (Å²) in [5.74, 6) is 0.643. The molecule has 0 aliphatic carbocycles. The average Bonchev–Trinajstić information content (AvgIpc) is 3.47. The van der Waals surface area contributed by atoms with Crippen LogP contribution in [0.15, 0.2) is 93.9 Å². The molecule has 0 saturated heterocycles. The lowest BCUT2D eigenvalue weighted by atomic mass is 10.1. The van der Waals surface area contributed by atoms with E-state index in [0.29, 0.717) is 35.3 Å². The van der Waals surface area contributed by atoms with E-state index in [2.05, 4.69) is 5.10 Å². The second-order valence-corrected chi connectivity index (χ2v) is 7.95. The van der Waals surface area contributed by atoms with Crippen LogP contribution in [-0.4, -0.2) is 9.78 Å². The minimum atomic E-state index is 0.000312. The van der Waals surface area contributed by atoms with E-state index in [-0.39, 0.29) is 5.43 Å². The number of fused-ring (bicyclic) bond motifs is 1. The van der Waals surface area contributed by atoms with Crippen LogP contribution in [0.5, 0.6) is 5.75 Å². The second kappa shape index (κ2) is 8.00. The number of nitrogens with zero attached hydrogens (tertiary/aromatic N) is 2. The van der Waals surface area contributed by atoms with Crippen LogP contribution in [0.1, 0.15) is 16.0 Å². The van der Waals surface area contributed by atoms with Crippen molar-refractivity contribution in [2.45, 2.75) is 13.0 Å². The van der Waals surface area contributed by atoms with Gasteiger partial charge in [0.25, 0.3) is 0 Å². The maximum atomic E-state index is 12.8. The van der Waals surface area contributed by atoms with Crippen molar-refractivity contribution in [2.24, 2.45) is 0 Å². The number of thiophene rings is 1. The van der Waals surface area contributed by atoms with E-state index >= 15 is 0 Å². The molecule has 0 unspecified atom stereocenters. The van der Waals surface area contributed by atoms with Crippen LogP contribution in [-0.2, 0) is 13.0 Å². The summed E-state index contributed by atoms with van der Waals surface area (Å²) in [6.45, 7) is 0.374. The molecule has 0 amide bonds. The summed E-state index contributed by atoms with van der Waals surface area (Å²) >= 11 is 1.63. The molecule has 0 fully saturated rings.